The number of hydrogen-bond donors (Lipinski definition) is 0. The van der Waals surface area contributed by atoms with Crippen molar-refractivity contribution >= 4 is 22.7 Å². The van der Waals surface area contributed by atoms with Crippen LogP contribution in [0, 0.1) is 0 Å². The minimum absolute atomic E-state index is 0.0812. The number of pyridine rings is 1. The third-order valence-electron chi connectivity index (χ3n) is 3.70. The summed E-state index contributed by atoms with van der Waals surface area (Å²) in [7, 11) is 0. The van der Waals surface area contributed by atoms with E-state index in [0.29, 0.717) is 0 Å². The fourth-order valence-corrected chi connectivity index (χ4v) is 4.07. The molecule has 0 N–H and O–H groups in total. The number of nitrogens with zero attached hydrogens (tertiary/aromatic N) is 4. The van der Waals surface area contributed by atoms with Gasteiger partial charge in [0.05, 0.1) is 18.0 Å². The summed E-state index contributed by atoms with van der Waals surface area (Å²) >= 11 is 3.30. The second kappa shape index (κ2) is 6.84. The summed E-state index contributed by atoms with van der Waals surface area (Å²) in [6.07, 6.45) is 3.72. The summed E-state index contributed by atoms with van der Waals surface area (Å²) in [6.45, 7) is 3.37. The first-order valence-electron chi connectivity index (χ1n) is 7.47. The van der Waals surface area contributed by atoms with Gasteiger partial charge in [0.15, 0.2) is 0 Å². The van der Waals surface area contributed by atoms with Gasteiger partial charge in [0.25, 0.3) is 0 Å². The van der Waals surface area contributed by atoms with E-state index in [1.807, 2.05) is 29.8 Å². The minimum Gasteiger partial charge on any atom is -0.368 e. The van der Waals surface area contributed by atoms with E-state index in [4.69, 9.17) is 9.72 Å². The molecule has 118 valence electrons. The number of thiazole rings is 2. The van der Waals surface area contributed by atoms with Crippen molar-refractivity contribution in [2.24, 2.45) is 0 Å². The predicted octanol–water partition coefficient (Wildman–Crippen LogP) is 3.24. The predicted molar refractivity (Wildman–Crippen MR) is 91.4 cm³/mol. The third kappa shape index (κ3) is 3.48. The summed E-state index contributed by atoms with van der Waals surface area (Å²) in [6, 6.07) is 5.91. The van der Waals surface area contributed by atoms with E-state index < -0.39 is 0 Å². The van der Waals surface area contributed by atoms with Crippen LogP contribution in [0.3, 0.4) is 0 Å². The zero-order valence-electron chi connectivity index (χ0n) is 12.5. The van der Waals surface area contributed by atoms with E-state index in [0.717, 1.165) is 47.6 Å². The van der Waals surface area contributed by atoms with Crippen molar-refractivity contribution in [1.82, 2.24) is 19.9 Å². The number of ether oxygens (including phenoxy) is 1. The summed E-state index contributed by atoms with van der Waals surface area (Å²) in [4.78, 5) is 15.8. The van der Waals surface area contributed by atoms with E-state index in [2.05, 4.69) is 20.2 Å². The Hall–Kier alpha value is -1.67. The summed E-state index contributed by atoms with van der Waals surface area (Å²) < 4.78 is 5.84. The van der Waals surface area contributed by atoms with Gasteiger partial charge in [0, 0.05) is 42.8 Å². The van der Waals surface area contributed by atoms with E-state index >= 15 is 0 Å². The summed E-state index contributed by atoms with van der Waals surface area (Å²) in [5.74, 6) is 0. The number of hydrogen-bond acceptors (Lipinski definition) is 7. The molecule has 7 heteroatoms. The van der Waals surface area contributed by atoms with Gasteiger partial charge < -0.3 is 4.74 Å². The van der Waals surface area contributed by atoms with Crippen molar-refractivity contribution in [3.05, 3.63) is 52.1 Å². The molecule has 1 saturated heterocycles. The molecule has 1 aliphatic rings. The molecular weight excluding hydrogens is 328 g/mol. The van der Waals surface area contributed by atoms with Crippen LogP contribution < -0.4 is 0 Å². The van der Waals surface area contributed by atoms with Gasteiger partial charge in [-0.25, -0.2) is 9.97 Å². The van der Waals surface area contributed by atoms with Crippen molar-refractivity contribution in [2.75, 3.05) is 19.7 Å². The maximum absolute atomic E-state index is 5.84. The Kier molecular flexibility index (Phi) is 4.43. The summed E-state index contributed by atoms with van der Waals surface area (Å²) in [5, 5.41) is 6.15. The minimum atomic E-state index is 0.0812. The van der Waals surface area contributed by atoms with Gasteiger partial charge in [-0.05, 0) is 12.1 Å². The average Bonchev–Trinajstić information content (AvgIpc) is 3.28. The van der Waals surface area contributed by atoms with Crippen LogP contribution in [-0.4, -0.2) is 39.5 Å². The smallest absolute Gasteiger partial charge is 0.142 e. The molecule has 3 aromatic heterocycles. The van der Waals surface area contributed by atoms with E-state index in [-0.39, 0.29) is 6.10 Å². The van der Waals surface area contributed by atoms with E-state index in [1.54, 1.807) is 28.9 Å². The van der Waals surface area contributed by atoms with Crippen molar-refractivity contribution in [3.63, 3.8) is 0 Å². The van der Waals surface area contributed by atoms with Crippen LogP contribution >= 0.6 is 22.7 Å². The first-order valence-corrected chi connectivity index (χ1v) is 9.23. The Balaban J connectivity index is 1.43. The zero-order chi connectivity index (χ0) is 15.5. The highest BCUT2D eigenvalue weighted by molar-refractivity contribution is 7.13. The molecule has 1 fully saturated rings. The molecular formula is C16H16N4OS2. The molecule has 4 heterocycles. The molecule has 3 aromatic rings. The van der Waals surface area contributed by atoms with Gasteiger partial charge in [-0.3, -0.25) is 9.88 Å². The number of rotatable bonds is 4. The lowest BCUT2D eigenvalue weighted by Crippen LogP contribution is -2.37. The highest BCUT2D eigenvalue weighted by Gasteiger charge is 2.24. The SMILES string of the molecule is c1ccc(-c2nc(CN3CCO[C@H](c4nccs4)C3)cs2)nc1. The first kappa shape index (κ1) is 14.9. The van der Waals surface area contributed by atoms with E-state index in [9.17, 15) is 0 Å². The zero-order valence-corrected chi connectivity index (χ0v) is 14.1. The molecule has 0 unspecified atom stereocenters. The van der Waals surface area contributed by atoms with Gasteiger partial charge in [-0.2, -0.15) is 0 Å². The lowest BCUT2D eigenvalue weighted by molar-refractivity contribution is -0.0333. The molecule has 0 amide bonds. The second-order valence-corrected chi connectivity index (χ2v) is 7.11. The molecule has 1 aliphatic heterocycles. The van der Waals surface area contributed by atoms with Crippen molar-refractivity contribution in [2.45, 2.75) is 12.6 Å². The second-order valence-electron chi connectivity index (χ2n) is 5.32. The van der Waals surface area contributed by atoms with Gasteiger partial charge >= 0.3 is 0 Å². The monoisotopic (exact) mass is 344 g/mol. The average molecular weight is 344 g/mol. The molecule has 0 saturated carbocycles. The van der Waals surface area contributed by atoms with Crippen LogP contribution in [0.25, 0.3) is 10.7 Å². The van der Waals surface area contributed by atoms with Crippen molar-refractivity contribution < 1.29 is 4.74 Å². The first-order chi connectivity index (χ1) is 11.4. The maximum atomic E-state index is 5.84. The molecule has 0 aliphatic carbocycles. The van der Waals surface area contributed by atoms with Crippen LogP contribution in [0.4, 0.5) is 0 Å². The normalized spacial score (nSPS) is 19.0. The highest BCUT2D eigenvalue weighted by Crippen LogP contribution is 2.26. The highest BCUT2D eigenvalue weighted by atomic mass is 32.1. The third-order valence-corrected chi connectivity index (χ3v) is 5.48. The Labute approximate surface area is 142 Å². The maximum Gasteiger partial charge on any atom is 0.142 e. The molecule has 0 spiro atoms. The number of aromatic nitrogens is 3. The van der Waals surface area contributed by atoms with Crippen molar-refractivity contribution in [1.29, 1.82) is 0 Å². The van der Waals surface area contributed by atoms with E-state index in [1.165, 1.54) is 0 Å². The van der Waals surface area contributed by atoms with Gasteiger partial charge in [-0.15, -0.1) is 22.7 Å². The van der Waals surface area contributed by atoms with Gasteiger partial charge in [-0.1, -0.05) is 6.07 Å². The Morgan fingerprint density at radius 3 is 3.04 bits per heavy atom. The molecule has 0 radical (unpaired) electrons. The molecule has 0 bridgehead atoms. The van der Waals surface area contributed by atoms with Crippen molar-refractivity contribution in [3.8, 4) is 10.7 Å². The summed E-state index contributed by atoms with van der Waals surface area (Å²) in [5.41, 5.74) is 2.03. The molecule has 4 rings (SSSR count). The number of morpholine rings is 1. The Bertz CT molecular complexity index is 745. The van der Waals surface area contributed by atoms with Gasteiger partial charge in [0.2, 0.25) is 0 Å². The van der Waals surface area contributed by atoms with Crippen LogP contribution in [0.15, 0.2) is 41.4 Å². The molecule has 1 atom stereocenters. The van der Waals surface area contributed by atoms with Crippen LogP contribution in [0.2, 0.25) is 0 Å². The van der Waals surface area contributed by atoms with Crippen LogP contribution in [0.1, 0.15) is 16.8 Å². The molecule has 5 nitrogen and oxygen atoms in total. The largest absolute Gasteiger partial charge is 0.368 e. The lowest BCUT2D eigenvalue weighted by atomic mass is 10.2. The van der Waals surface area contributed by atoms with Crippen LogP contribution in [0.5, 0.6) is 0 Å². The molecule has 0 aromatic carbocycles. The fourth-order valence-electron chi connectivity index (χ4n) is 2.60. The lowest BCUT2D eigenvalue weighted by Gasteiger charge is -2.31. The quantitative estimate of drug-likeness (QED) is 0.727. The molecule has 23 heavy (non-hydrogen) atoms. The van der Waals surface area contributed by atoms with Gasteiger partial charge in [0.1, 0.15) is 16.1 Å². The van der Waals surface area contributed by atoms with Crippen LogP contribution in [-0.2, 0) is 11.3 Å². The Morgan fingerprint density at radius 2 is 2.22 bits per heavy atom. The fraction of sp³-hybridized carbons (Fsp3) is 0.312. The standard InChI is InChI=1S/C16H16N4OS2/c1-2-4-17-13(3-1)15-19-12(11-23-15)9-20-6-7-21-14(10-20)16-18-5-8-22-16/h1-5,8,11,14H,6-7,9-10H2/t14-/m0/s1. The topological polar surface area (TPSA) is 51.1 Å². The Morgan fingerprint density at radius 1 is 1.22 bits per heavy atom.